The van der Waals surface area contributed by atoms with E-state index in [0.717, 1.165) is 35.7 Å². The molecule has 4 aromatic heterocycles. The standard InChI is InChI=1S/C19H18N6O/c1-13-10-18(26)24-19(22-13)14-5-6-16(21-11-14)20-8-7-15-12-25-9-3-2-4-17(25)23-15/h2-6,9-12H,7-8H2,1H3,(H,20,21)(H,22,24,26). The van der Waals surface area contributed by atoms with E-state index >= 15 is 0 Å². The fraction of sp³-hybridized carbons (Fsp3) is 0.158. The molecule has 7 heteroatoms. The van der Waals surface area contributed by atoms with Crippen LogP contribution in [0.3, 0.4) is 0 Å². The highest BCUT2D eigenvalue weighted by molar-refractivity contribution is 5.55. The first-order valence-corrected chi connectivity index (χ1v) is 8.38. The summed E-state index contributed by atoms with van der Waals surface area (Å²) in [6.45, 7) is 2.52. The molecule has 0 bridgehead atoms. The van der Waals surface area contributed by atoms with Crippen LogP contribution in [0.1, 0.15) is 11.4 Å². The van der Waals surface area contributed by atoms with Crippen molar-refractivity contribution in [2.24, 2.45) is 0 Å². The summed E-state index contributed by atoms with van der Waals surface area (Å²) in [5.41, 5.74) is 3.27. The first-order chi connectivity index (χ1) is 12.7. The highest BCUT2D eigenvalue weighted by Crippen LogP contribution is 2.14. The summed E-state index contributed by atoms with van der Waals surface area (Å²) in [6, 6.07) is 11.2. The average Bonchev–Trinajstić information content (AvgIpc) is 3.04. The Labute approximate surface area is 149 Å². The van der Waals surface area contributed by atoms with Gasteiger partial charge >= 0.3 is 0 Å². The molecule has 0 aliphatic rings. The summed E-state index contributed by atoms with van der Waals surface area (Å²) >= 11 is 0. The molecule has 26 heavy (non-hydrogen) atoms. The van der Waals surface area contributed by atoms with Crippen LogP contribution in [-0.2, 0) is 6.42 Å². The van der Waals surface area contributed by atoms with Gasteiger partial charge in [0.15, 0.2) is 0 Å². The van der Waals surface area contributed by atoms with Crippen LogP contribution in [-0.4, -0.2) is 30.9 Å². The van der Waals surface area contributed by atoms with Crippen LogP contribution in [0.4, 0.5) is 5.82 Å². The normalized spacial score (nSPS) is 11.0. The number of rotatable bonds is 5. The zero-order chi connectivity index (χ0) is 17.9. The third-order valence-electron chi connectivity index (χ3n) is 4.01. The Morgan fingerprint density at radius 2 is 2.12 bits per heavy atom. The number of nitrogens with zero attached hydrogens (tertiary/aromatic N) is 4. The molecule has 0 saturated carbocycles. The zero-order valence-corrected chi connectivity index (χ0v) is 14.3. The molecule has 0 aliphatic heterocycles. The highest BCUT2D eigenvalue weighted by Gasteiger charge is 2.04. The molecule has 0 amide bonds. The van der Waals surface area contributed by atoms with E-state index in [1.54, 1.807) is 13.1 Å². The number of pyridine rings is 2. The van der Waals surface area contributed by atoms with Crippen molar-refractivity contribution < 1.29 is 0 Å². The molecule has 0 spiro atoms. The molecule has 2 N–H and O–H groups in total. The summed E-state index contributed by atoms with van der Waals surface area (Å²) in [7, 11) is 0. The third-order valence-corrected chi connectivity index (χ3v) is 4.01. The van der Waals surface area contributed by atoms with E-state index in [0.29, 0.717) is 11.5 Å². The number of aromatic amines is 1. The molecule has 0 aromatic carbocycles. The quantitative estimate of drug-likeness (QED) is 0.579. The Kier molecular flexibility index (Phi) is 4.18. The molecule has 130 valence electrons. The average molecular weight is 346 g/mol. The molecule has 4 aromatic rings. The summed E-state index contributed by atoms with van der Waals surface area (Å²) < 4.78 is 2.01. The van der Waals surface area contributed by atoms with Crippen LogP contribution in [0.25, 0.3) is 17.0 Å². The fourth-order valence-electron chi connectivity index (χ4n) is 2.78. The lowest BCUT2D eigenvalue weighted by atomic mass is 10.2. The molecule has 4 heterocycles. The fourth-order valence-corrected chi connectivity index (χ4v) is 2.78. The Hall–Kier alpha value is -3.48. The highest BCUT2D eigenvalue weighted by atomic mass is 16.1. The topological polar surface area (TPSA) is 88.0 Å². The minimum atomic E-state index is -0.165. The maximum absolute atomic E-state index is 11.6. The van der Waals surface area contributed by atoms with Crippen molar-refractivity contribution in [2.45, 2.75) is 13.3 Å². The predicted molar refractivity (Wildman–Crippen MR) is 100 cm³/mol. The number of aryl methyl sites for hydroxylation is 1. The van der Waals surface area contributed by atoms with Gasteiger partial charge in [-0.05, 0) is 31.2 Å². The Morgan fingerprint density at radius 3 is 2.88 bits per heavy atom. The molecule has 7 nitrogen and oxygen atoms in total. The molecule has 0 atom stereocenters. The Balaban J connectivity index is 1.40. The van der Waals surface area contributed by atoms with E-state index in [9.17, 15) is 4.79 Å². The number of H-pyrrole nitrogens is 1. The number of fused-ring (bicyclic) bond motifs is 1. The van der Waals surface area contributed by atoms with Crippen molar-refractivity contribution in [3.63, 3.8) is 0 Å². The van der Waals surface area contributed by atoms with E-state index in [1.807, 2.05) is 47.1 Å². The van der Waals surface area contributed by atoms with Gasteiger partial charge in [0.25, 0.3) is 5.56 Å². The van der Waals surface area contributed by atoms with E-state index in [2.05, 4.69) is 25.3 Å². The number of anilines is 1. The van der Waals surface area contributed by atoms with Crippen LogP contribution >= 0.6 is 0 Å². The van der Waals surface area contributed by atoms with Crippen LogP contribution < -0.4 is 10.9 Å². The molecular formula is C19H18N6O. The van der Waals surface area contributed by atoms with Crippen LogP contribution in [0, 0.1) is 6.92 Å². The van der Waals surface area contributed by atoms with Crippen molar-refractivity contribution in [1.29, 1.82) is 0 Å². The summed E-state index contributed by atoms with van der Waals surface area (Å²) in [5, 5.41) is 3.29. The van der Waals surface area contributed by atoms with Crippen LogP contribution in [0.15, 0.2) is 59.8 Å². The Bertz CT molecular complexity index is 1060. The largest absolute Gasteiger partial charge is 0.370 e. The maximum atomic E-state index is 11.6. The first kappa shape index (κ1) is 16.0. The Morgan fingerprint density at radius 1 is 1.19 bits per heavy atom. The van der Waals surface area contributed by atoms with Gasteiger partial charge in [-0.1, -0.05) is 6.07 Å². The monoisotopic (exact) mass is 346 g/mol. The van der Waals surface area contributed by atoms with E-state index in [1.165, 1.54) is 6.07 Å². The number of hydrogen-bond donors (Lipinski definition) is 2. The van der Waals surface area contributed by atoms with Crippen LogP contribution in [0.5, 0.6) is 0 Å². The minimum Gasteiger partial charge on any atom is -0.370 e. The van der Waals surface area contributed by atoms with Crippen molar-refractivity contribution in [2.75, 3.05) is 11.9 Å². The van der Waals surface area contributed by atoms with E-state index in [-0.39, 0.29) is 5.56 Å². The summed E-state index contributed by atoms with van der Waals surface area (Å²) in [6.07, 6.45) is 6.53. The van der Waals surface area contributed by atoms with Gasteiger partial charge in [0.1, 0.15) is 17.3 Å². The molecule has 0 aliphatic carbocycles. The van der Waals surface area contributed by atoms with Crippen molar-refractivity contribution in [3.05, 3.63) is 76.7 Å². The number of hydrogen-bond acceptors (Lipinski definition) is 5. The van der Waals surface area contributed by atoms with Gasteiger partial charge in [0.05, 0.1) is 5.69 Å². The first-order valence-electron chi connectivity index (χ1n) is 8.38. The molecule has 0 saturated heterocycles. The molecular weight excluding hydrogens is 328 g/mol. The number of nitrogens with one attached hydrogen (secondary N) is 2. The number of imidazole rings is 1. The second-order valence-corrected chi connectivity index (χ2v) is 6.04. The van der Waals surface area contributed by atoms with Gasteiger partial charge in [-0.15, -0.1) is 0 Å². The third kappa shape index (κ3) is 3.46. The lowest BCUT2D eigenvalue weighted by Crippen LogP contribution is -2.09. The van der Waals surface area contributed by atoms with Gasteiger partial charge in [-0.25, -0.2) is 15.0 Å². The van der Waals surface area contributed by atoms with Gasteiger partial charge in [-0.2, -0.15) is 0 Å². The van der Waals surface area contributed by atoms with Gasteiger partial charge < -0.3 is 14.7 Å². The molecule has 4 rings (SSSR count). The van der Waals surface area contributed by atoms with Gasteiger partial charge in [-0.3, -0.25) is 4.79 Å². The molecule has 0 fully saturated rings. The van der Waals surface area contributed by atoms with E-state index < -0.39 is 0 Å². The second kappa shape index (κ2) is 6.79. The van der Waals surface area contributed by atoms with Gasteiger partial charge in [0, 0.05) is 48.9 Å². The minimum absolute atomic E-state index is 0.165. The van der Waals surface area contributed by atoms with Gasteiger partial charge in [0.2, 0.25) is 0 Å². The lowest BCUT2D eigenvalue weighted by Gasteiger charge is -2.06. The maximum Gasteiger partial charge on any atom is 0.251 e. The molecule has 0 radical (unpaired) electrons. The molecule has 0 unspecified atom stereocenters. The predicted octanol–water partition coefficient (Wildman–Crippen LogP) is 2.44. The van der Waals surface area contributed by atoms with Crippen molar-refractivity contribution in [1.82, 2.24) is 24.3 Å². The van der Waals surface area contributed by atoms with Crippen molar-refractivity contribution in [3.8, 4) is 11.4 Å². The SMILES string of the molecule is Cc1cc(=O)[nH]c(-c2ccc(NCCc3cn4ccccc4n3)nc2)n1. The second-order valence-electron chi connectivity index (χ2n) is 6.04. The number of aromatic nitrogens is 5. The van der Waals surface area contributed by atoms with Crippen molar-refractivity contribution >= 4 is 11.5 Å². The van der Waals surface area contributed by atoms with E-state index in [4.69, 9.17) is 0 Å². The smallest absolute Gasteiger partial charge is 0.251 e. The zero-order valence-electron chi connectivity index (χ0n) is 14.3. The summed E-state index contributed by atoms with van der Waals surface area (Å²) in [5.74, 6) is 1.30. The summed E-state index contributed by atoms with van der Waals surface area (Å²) in [4.78, 5) is 27.6. The van der Waals surface area contributed by atoms with Crippen LogP contribution in [0.2, 0.25) is 0 Å². The lowest BCUT2D eigenvalue weighted by molar-refractivity contribution is 0.970.